The lowest BCUT2D eigenvalue weighted by molar-refractivity contribution is -0.140. The van der Waals surface area contributed by atoms with Crippen molar-refractivity contribution in [3.05, 3.63) is 28.2 Å². The van der Waals surface area contributed by atoms with E-state index in [0.29, 0.717) is 24.2 Å². The monoisotopic (exact) mass is 314 g/mol. The Hall–Kier alpha value is -1.56. The van der Waals surface area contributed by atoms with Gasteiger partial charge in [-0.05, 0) is 24.6 Å². The Kier molecular flexibility index (Phi) is 5.64. The van der Waals surface area contributed by atoms with Crippen molar-refractivity contribution in [2.45, 2.75) is 12.8 Å². The molecule has 0 saturated heterocycles. The van der Waals surface area contributed by atoms with Crippen LogP contribution in [0.5, 0.6) is 0 Å². The molecule has 0 bridgehead atoms. The van der Waals surface area contributed by atoms with E-state index in [1.54, 1.807) is 18.2 Å². The third kappa shape index (κ3) is 4.75. The van der Waals surface area contributed by atoms with Crippen LogP contribution >= 0.6 is 15.9 Å². The van der Waals surface area contributed by atoms with E-state index >= 15 is 0 Å². The van der Waals surface area contributed by atoms with Crippen molar-refractivity contribution in [2.75, 3.05) is 19.4 Å². The second kappa shape index (κ2) is 7.00. The smallest absolute Gasteiger partial charge is 0.305 e. The number of nitrogens with one attached hydrogen (secondary N) is 1. The number of anilines is 1. The average molecular weight is 315 g/mol. The first-order valence-electron chi connectivity index (χ1n) is 5.44. The predicted molar refractivity (Wildman–Crippen MR) is 72.1 cm³/mol. The minimum Gasteiger partial charge on any atom is -0.469 e. The molecule has 1 amide bonds. The third-order valence-electron chi connectivity index (χ3n) is 2.25. The van der Waals surface area contributed by atoms with E-state index < -0.39 is 0 Å². The van der Waals surface area contributed by atoms with Gasteiger partial charge in [0.05, 0.1) is 7.11 Å². The van der Waals surface area contributed by atoms with E-state index in [2.05, 4.69) is 26.0 Å². The van der Waals surface area contributed by atoms with Gasteiger partial charge in [-0.1, -0.05) is 15.9 Å². The summed E-state index contributed by atoms with van der Waals surface area (Å²) in [6.07, 6.45) is 0.833. The Morgan fingerprint density at radius 3 is 2.72 bits per heavy atom. The summed E-state index contributed by atoms with van der Waals surface area (Å²) in [5.41, 5.74) is 6.64. The zero-order chi connectivity index (χ0) is 13.5. The number of hydrogen-bond acceptors (Lipinski definition) is 4. The molecule has 0 aliphatic heterocycles. The van der Waals surface area contributed by atoms with Crippen LogP contribution in [0.2, 0.25) is 0 Å². The summed E-state index contributed by atoms with van der Waals surface area (Å²) in [5, 5.41) is 2.71. The Balaban J connectivity index is 2.43. The number of carbonyl (C=O) groups excluding carboxylic acids is 2. The number of carbonyl (C=O) groups is 2. The molecule has 0 aliphatic rings. The summed E-state index contributed by atoms with van der Waals surface area (Å²) in [6, 6.07) is 5.00. The van der Waals surface area contributed by atoms with Crippen LogP contribution in [0, 0.1) is 0 Å². The lowest BCUT2D eigenvalue weighted by Crippen LogP contribution is -2.25. The van der Waals surface area contributed by atoms with Gasteiger partial charge in [-0.15, -0.1) is 0 Å². The highest BCUT2D eigenvalue weighted by Crippen LogP contribution is 2.17. The second-order valence-electron chi connectivity index (χ2n) is 3.71. The van der Waals surface area contributed by atoms with Crippen molar-refractivity contribution in [3.8, 4) is 0 Å². The van der Waals surface area contributed by atoms with Crippen LogP contribution in [-0.4, -0.2) is 25.5 Å². The minimum atomic E-state index is -0.282. The molecule has 0 unspecified atom stereocenters. The van der Waals surface area contributed by atoms with Crippen molar-refractivity contribution in [3.63, 3.8) is 0 Å². The molecule has 6 heteroatoms. The van der Waals surface area contributed by atoms with Crippen LogP contribution in [0.25, 0.3) is 0 Å². The largest absolute Gasteiger partial charge is 0.469 e. The molecule has 18 heavy (non-hydrogen) atoms. The number of nitrogens with two attached hydrogens (primary N) is 1. The first-order chi connectivity index (χ1) is 8.52. The molecule has 0 fully saturated rings. The molecule has 98 valence electrons. The quantitative estimate of drug-likeness (QED) is 0.492. The van der Waals surface area contributed by atoms with Gasteiger partial charge in [0.25, 0.3) is 5.91 Å². The number of amides is 1. The molecule has 0 atom stereocenters. The molecular formula is C12H15BrN2O3. The minimum absolute atomic E-state index is 0.215. The molecule has 3 N–H and O–H groups in total. The number of nitrogen functional groups attached to an aromatic ring is 1. The van der Waals surface area contributed by atoms with Gasteiger partial charge in [-0.3, -0.25) is 9.59 Å². The van der Waals surface area contributed by atoms with E-state index in [1.165, 1.54) is 7.11 Å². The number of ether oxygens (including phenoxy) is 1. The SMILES string of the molecule is COC(=O)CCCNC(=O)c1cc(N)cc(Br)c1. The normalized spacial score (nSPS) is 9.89. The summed E-state index contributed by atoms with van der Waals surface area (Å²) >= 11 is 3.27. The van der Waals surface area contributed by atoms with Crippen LogP contribution in [0.15, 0.2) is 22.7 Å². The van der Waals surface area contributed by atoms with Gasteiger partial charge in [0.2, 0.25) is 0 Å². The number of methoxy groups -OCH3 is 1. The van der Waals surface area contributed by atoms with E-state index in [9.17, 15) is 9.59 Å². The second-order valence-corrected chi connectivity index (χ2v) is 4.62. The van der Waals surface area contributed by atoms with E-state index in [1.807, 2.05) is 0 Å². The maximum absolute atomic E-state index is 11.8. The van der Waals surface area contributed by atoms with Crippen molar-refractivity contribution in [1.29, 1.82) is 0 Å². The van der Waals surface area contributed by atoms with Crippen molar-refractivity contribution in [1.82, 2.24) is 5.32 Å². The molecule has 0 spiro atoms. The summed E-state index contributed by atoms with van der Waals surface area (Å²) in [6.45, 7) is 0.417. The predicted octanol–water partition coefficient (Wildman–Crippen LogP) is 1.71. The first kappa shape index (κ1) is 14.5. The molecule has 0 aliphatic carbocycles. The highest BCUT2D eigenvalue weighted by Gasteiger charge is 2.07. The number of rotatable bonds is 5. The Bertz CT molecular complexity index is 429. The molecule has 0 heterocycles. The summed E-state index contributed by atoms with van der Waals surface area (Å²) < 4.78 is 5.25. The fourth-order valence-electron chi connectivity index (χ4n) is 1.38. The van der Waals surface area contributed by atoms with Gasteiger partial charge in [-0.2, -0.15) is 0 Å². The zero-order valence-electron chi connectivity index (χ0n) is 10.0. The fraction of sp³-hybridized carbons (Fsp3) is 0.333. The molecule has 5 nitrogen and oxygen atoms in total. The van der Waals surface area contributed by atoms with E-state index in [-0.39, 0.29) is 18.3 Å². The van der Waals surface area contributed by atoms with Crippen LogP contribution in [0.4, 0.5) is 5.69 Å². The Labute approximate surface area is 114 Å². The molecule has 0 radical (unpaired) electrons. The summed E-state index contributed by atoms with van der Waals surface area (Å²) in [4.78, 5) is 22.6. The summed E-state index contributed by atoms with van der Waals surface area (Å²) in [7, 11) is 1.34. The van der Waals surface area contributed by atoms with E-state index in [4.69, 9.17) is 5.73 Å². The molecule has 1 aromatic rings. The lowest BCUT2D eigenvalue weighted by Gasteiger charge is -2.06. The highest BCUT2D eigenvalue weighted by molar-refractivity contribution is 9.10. The number of esters is 1. The highest BCUT2D eigenvalue weighted by atomic mass is 79.9. The van der Waals surface area contributed by atoms with Gasteiger partial charge in [0.15, 0.2) is 0 Å². The van der Waals surface area contributed by atoms with E-state index in [0.717, 1.165) is 4.47 Å². The van der Waals surface area contributed by atoms with Gasteiger partial charge >= 0.3 is 5.97 Å². The topological polar surface area (TPSA) is 81.4 Å². The van der Waals surface area contributed by atoms with Crippen LogP contribution in [0.3, 0.4) is 0 Å². The maximum Gasteiger partial charge on any atom is 0.305 e. The van der Waals surface area contributed by atoms with Crippen LogP contribution in [0.1, 0.15) is 23.2 Å². The first-order valence-corrected chi connectivity index (χ1v) is 6.23. The van der Waals surface area contributed by atoms with Crippen molar-refractivity contribution >= 4 is 33.5 Å². The zero-order valence-corrected chi connectivity index (χ0v) is 11.6. The average Bonchev–Trinajstić information content (AvgIpc) is 2.32. The van der Waals surface area contributed by atoms with Crippen LogP contribution < -0.4 is 11.1 Å². The number of hydrogen-bond donors (Lipinski definition) is 2. The number of halogens is 1. The van der Waals surface area contributed by atoms with Gasteiger partial charge in [0, 0.05) is 28.7 Å². The molecule has 1 rings (SSSR count). The molecule has 0 saturated carbocycles. The molecular weight excluding hydrogens is 300 g/mol. The Morgan fingerprint density at radius 1 is 1.39 bits per heavy atom. The maximum atomic E-state index is 11.8. The summed E-state index contributed by atoms with van der Waals surface area (Å²) in [5.74, 6) is -0.496. The standard InChI is InChI=1S/C12H15BrN2O3/c1-18-11(16)3-2-4-15-12(17)8-5-9(13)7-10(14)6-8/h5-7H,2-4,14H2,1H3,(H,15,17). The lowest BCUT2D eigenvalue weighted by atomic mass is 10.2. The molecule has 0 aromatic heterocycles. The van der Waals surface area contributed by atoms with Gasteiger partial charge in [-0.25, -0.2) is 0 Å². The Morgan fingerprint density at radius 2 is 2.11 bits per heavy atom. The van der Waals surface area contributed by atoms with Crippen molar-refractivity contribution < 1.29 is 14.3 Å². The van der Waals surface area contributed by atoms with Crippen LogP contribution in [-0.2, 0) is 9.53 Å². The molecule has 1 aromatic carbocycles. The van der Waals surface area contributed by atoms with Crippen molar-refractivity contribution in [2.24, 2.45) is 0 Å². The van der Waals surface area contributed by atoms with Gasteiger partial charge in [0.1, 0.15) is 0 Å². The fourth-order valence-corrected chi connectivity index (χ4v) is 1.89. The van der Waals surface area contributed by atoms with Gasteiger partial charge < -0.3 is 15.8 Å². The third-order valence-corrected chi connectivity index (χ3v) is 2.71. The number of benzene rings is 1.